The zero-order valence-corrected chi connectivity index (χ0v) is 20.8. The number of fused-ring (bicyclic) bond motifs is 1. The van der Waals surface area contributed by atoms with Crippen LogP contribution in [0.3, 0.4) is 0 Å². The van der Waals surface area contributed by atoms with Crippen LogP contribution in [0.5, 0.6) is 5.75 Å². The number of H-pyrrole nitrogens is 1. The lowest BCUT2D eigenvalue weighted by atomic mass is 10.1. The highest BCUT2D eigenvalue weighted by molar-refractivity contribution is 5.66. The quantitative estimate of drug-likeness (QED) is 0.347. The van der Waals surface area contributed by atoms with E-state index in [2.05, 4.69) is 27.2 Å². The van der Waals surface area contributed by atoms with Crippen molar-refractivity contribution in [3.05, 3.63) is 57.0 Å². The highest BCUT2D eigenvalue weighted by atomic mass is 16.5. The van der Waals surface area contributed by atoms with Crippen LogP contribution in [0.1, 0.15) is 48.7 Å². The molecule has 0 aliphatic heterocycles. The topological polar surface area (TPSA) is 121 Å². The average molecular weight is 482 g/mol. The number of aromatic nitrogens is 7. The number of aromatic amines is 1. The van der Waals surface area contributed by atoms with Gasteiger partial charge >= 0.3 is 0 Å². The highest BCUT2D eigenvalue weighted by Gasteiger charge is 2.18. The Morgan fingerprint density at radius 2 is 1.91 bits per heavy atom. The van der Waals surface area contributed by atoms with Crippen molar-refractivity contribution in [3.8, 4) is 17.1 Å². The van der Waals surface area contributed by atoms with Crippen LogP contribution in [0, 0.1) is 6.92 Å². The Hall–Kier alpha value is -3.57. The first kappa shape index (κ1) is 24.6. The largest absolute Gasteiger partial charge is 0.493 e. The van der Waals surface area contributed by atoms with Crippen LogP contribution in [-0.2, 0) is 35.7 Å². The summed E-state index contributed by atoms with van der Waals surface area (Å²) in [7, 11) is 3.25. The maximum absolute atomic E-state index is 13.0. The second kappa shape index (κ2) is 10.8. The molecule has 3 aromatic heterocycles. The van der Waals surface area contributed by atoms with E-state index < -0.39 is 0 Å². The predicted molar refractivity (Wildman–Crippen MR) is 129 cm³/mol. The van der Waals surface area contributed by atoms with Gasteiger partial charge in [0.25, 0.3) is 5.56 Å². The van der Waals surface area contributed by atoms with E-state index in [1.54, 1.807) is 23.4 Å². The predicted octanol–water partition coefficient (Wildman–Crippen LogP) is 2.68. The first-order valence-electron chi connectivity index (χ1n) is 11.6. The molecule has 0 unspecified atom stereocenters. The van der Waals surface area contributed by atoms with Crippen LogP contribution < -0.4 is 10.3 Å². The molecule has 11 heteroatoms. The summed E-state index contributed by atoms with van der Waals surface area (Å²) in [6.45, 7) is 7.45. The molecule has 0 radical (unpaired) electrons. The van der Waals surface area contributed by atoms with Crippen molar-refractivity contribution in [1.29, 1.82) is 0 Å². The maximum atomic E-state index is 13.0. The average Bonchev–Trinajstić information content (AvgIpc) is 3.36. The molecule has 4 aromatic rings. The standard InChI is InChI=1S/C24H31N7O4/c1-6-8-21-25-15(3)22-24(32)26-23(28-31(21)22)17-11-16(9-10-20(17)35-7-2)12-30-19(14-34-5)18(13-33-4)27-29-30/h9-11H,6-8,12-14H2,1-5H3,(H,26,28,32). The fourth-order valence-corrected chi connectivity index (χ4v) is 4.10. The van der Waals surface area contributed by atoms with E-state index in [9.17, 15) is 4.79 Å². The molecule has 0 aliphatic rings. The van der Waals surface area contributed by atoms with Gasteiger partial charge in [-0.05, 0) is 38.0 Å². The molecule has 0 saturated heterocycles. The third-order valence-corrected chi connectivity index (χ3v) is 5.63. The molecule has 186 valence electrons. The fourth-order valence-electron chi connectivity index (χ4n) is 4.10. The van der Waals surface area contributed by atoms with Crippen molar-refractivity contribution in [2.75, 3.05) is 20.8 Å². The maximum Gasteiger partial charge on any atom is 0.277 e. The van der Waals surface area contributed by atoms with Crippen LogP contribution in [0.15, 0.2) is 23.0 Å². The van der Waals surface area contributed by atoms with Crippen LogP contribution in [0.2, 0.25) is 0 Å². The van der Waals surface area contributed by atoms with Crippen LogP contribution in [-0.4, -0.2) is 55.4 Å². The molecule has 1 N–H and O–H groups in total. The number of ether oxygens (including phenoxy) is 3. The minimum atomic E-state index is -0.238. The third-order valence-electron chi connectivity index (χ3n) is 5.63. The number of aryl methyl sites for hydroxylation is 2. The lowest BCUT2D eigenvalue weighted by Gasteiger charge is -2.13. The Morgan fingerprint density at radius 3 is 2.63 bits per heavy atom. The first-order chi connectivity index (χ1) is 17.0. The minimum absolute atomic E-state index is 0.238. The third kappa shape index (κ3) is 4.96. The Kier molecular flexibility index (Phi) is 7.57. The lowest BCUT2D eigenvalue weighted by Crippen LogP contribution is -2.16. The van der Waals surface area contributed by atoms with Gasteiger partial charge in [-0.3, -0.25) is 4.79 Å². The van der Waals surface area contributed by atoms with Crippen LogP contribution in [0.25, 0.3) is 16.9 Å². The molecule has 0 fully saturated rings. The number of methoxy groups -OCH3 is 2. The van der Waals surface area contributed by atoms with Gasteiger partial charge in [-0.2, -0.15) is 0 Å². The number of benzene rings is 1. The molecular weight excluding hydrogens is 450 g/mol. The van der Waals surface area contributed by atoms with Crippen LogP contribution >= 0.6 is 0 Å². The fraction of sp³-hybridized carbons (Fsp3) is 0.458. The molecule has 11 nitrogen and oxygen atoms in total. The monoisotopic (exact) mass is 481 g/mol. The summed E-state index contributed by atoms with van der Waals surface area (Å²) >= 11 is 0. The van der Waals surface area contributed by atoms with Gasteiger partial charge in [0, 0.05) is 20.6 Å². The summed E-state index contributed by atoms with van der Waals surface area (Å²) in [5, 5.41) is 13.3. The lowest BCUT2D eigenvalue weighted by molar-refractivity contribution is 0.162. The molecule has 1 aromatic carbocycles. The number of hydrogen-bond donors (Lipinski definition) is 1. The smallest absolute Gasteiger partial charge is 0.277 e. The Balaban J connectivity index is 1.80. The summed E-state index contributed by atoms with van der Waals surface area (Å²) in [4.78, 5) is 20.5. The van der Waals surface area contributed by atoms with Crippen molar-refractivity contribution in [1.82, 2.24) is 34.6 Å². The highest BCUT2D eigenvalue weighted by Crippen LogP contribution is 2.29. The number of hydrogen-bond acceptors (Lipinski definition) is 8. The first-order valence-corrected chi connectivity index (χ1v) is 11.6. The number of nitrogens with zero attached hydrogens (tertiary/aromatic N) is 6. The molecule has 0 amide bonds. The van der Waals surface area contributed by atoms with Crippen molar-refractivity contribution < 1.29 is 14.2 Å². The SMILES string of the molecule is CCCc1nc(C)c2c(=O)[nH]c(-c3cc(Cn4nnc(COC)c4COC)ccc3OCC)nn12. The van der Waals surface area contributed by atoms with Gasteiger partial charge in [0.15, 0.2) is 11.3 Å². The summed E-state index contributed by atoms with van der Waals surface area (Å²) in [6.07, 6.45) is 1.62. The molecule has 0 spiro atoms. The minimum Gasteiger partial charge on any atom is -0.493 e. The molecule has 4 rings (SSSR count). The Bertz CT molecular complexity index is 1370. The Labute approximate surface area is 203 Å². The van der Waals surface area contributed by atoms with Crippen molar-refractivity contribution in [3.63, 3.8) is 0 Å². The van der Waals surface area contributed by atoms with Crippen molar-refractivity contribution >= 4 is 5.52 Å². The second-order valence-electron chi connectivity index (χ2n) is 8.20. The van der Waals surface area contributed by atoms with Gasteiger partial charge in [0.1, 0.15) is 17.3 Å². The molecule has 0 bridgehead atoms. The summed E-state index contributed by atoms with van der Waals surface area (Å²) < 4.78 is 19.9. The van der Waals surface area contributed by atoms with Crippen LogP contribution in [0.4, 0.5) is 0 Å². The van der Waals surface area contributed by atoms with Gasteiger partial charge in [-0.15, -0.1) is 10.2 Å². The van der Waals surface area contributed by atoms with Gasteiger partial charge in [0.2, 0.25) is 0 Å². The van der Waals surface area contributed by atoms with Gasteiger partial charge < -0.3 is 19.2 Å². The van der Waals surface area contributed by atoms with Gasteiger partial charge in [-0.25, -0.2) is 14.2 Å². The van der Waals surface area contributed by atoms with Crippen molar-refractivity contribution in [2.24, 2.45) is 0 Å². The van der Waals surface area contributed by atoms with E-state index in [1.165, 1.54) is 0 Å². The van der Waals surface area contributed by atoms with Gasteiger partial charge in [-0.1, -0.05) is 18.2 Å². The van der Waals surface area contributed by atoms with Gasteiger partial charge in [0.05, 0.1) is 43.3 Å². The number of imidazole rings is 1. The zero-order valence-electron chi connectivity index (χ0n) is 20.8. The zero-order chi connectivity index (χ0) is 24.9. The second-order valence-corrected chi connectivity index (χ2v) is 8.20. The van der Waals surface area contributed by atoms with E-state index in [4.69, 9.17) is 19.3 Å². The number of nitrogens with one attached hydrogen (secondary N) is 1. The summed E-state index contributed by atoms with van der Waals surface area (Å²) in [5.41, 5.74) is 4.08. The summed E-state index contributed by atoms with van der Waals surface area (Å²) in [6, 6.07) is 5.80. The molecule has 0 saturated carbocycles. The van der Waals surface area contributed by atoms with E-state index in [-0.39, 0.29) is 5.56 Å². The van der Waals surface area contributed by atoms with E-state index in [0.717, 1.165) is 35.6 Å². The van der Waals surface area contributed by atoms with E-state index >= 15 is 0 Å². The van der Waals surface area contributed by atoms with E-state index in [0.29, 0.717) is 54.7 Å². The normalized spacial score (nSPS) is 11.5. The summed E-state index contributed by atoms with van der Waals surface area (Å²) in [5.74, 6) is 1.81. The van der Waals surface area contributed by atoms with Crippen molar-refractivity contribution in [2.45, 2.75) is 53.4 Å². The molecular formula is C24H31N7O4. The van der Waals surface area contributed by atoms with E-state index in [1.807, 2.05) is 32.0 Å². The molecule has 0 aliphatic carbocycles. The number of rotatable bonds is 11. The Morgan fingerprint density at radius 1 is 1.11 bits per heavy atom. The molecule has 0 atom stereocenters. The molecule has 35 heavy (non-hydrogen) atoms. The molecule has 3 heterocycles.